The van der Waals surface area contributed by atoms with E-state index in [-0.39, 0.29) is 28.1 Å². The lowest BCUT2D eigenvalue weighted by molar-refractivity contribution is -0.698. The van der Waals surface area contributed by atoms with Gasteiger partial charge in [0.05, 0.1) is 28.1 Å². The van der Waals surface area contributed by atoms with Gasteiger partial charge in [-0.25, -0.2) is 4.57 Å². The van der Waals surface area contributed by atoms with E-state index < -0.39 is 22.2 Å². The molecule has 0 atom stereocenters. The Bertz CT molecular complexity index is 1290. The molecule has 0 aliphatic heterocycles. The first kappa shape index (κ1) is 18.0. The van der Waals surface area contributed by atoms with Gasteiger partial charge >= 0.3 is 0 Å². The number of aromatic nitrogens is 3. The topological polar surface area (TPSA) is 82.0 Å². The van der Waals surface area contributed by atoms with Crippen LogP contribution in [0.2, 0.25) is 0 Å². The van der Waals surface area contributed by atoms with E-state index in [0.29, 0.717) is 19.5 Å². The van der Waals surface area contributed by atoms with E-state index in [0.717, 1.165) is 6.42 Å². The Morgan fingerprint density at radius 1 is 0.714 bits per heavy atom. The number of aryl methyl sites for hydroxylation is 1. The molecule has 0 bridgehead atoms. The van der Waals surface area contributed by atoms with Crippen LogP contribution in [-0.4, -0.2) is 9.13 Å². The van der Waals surface area contributed by atoms with Gasteiger partial charge in [-0.1, -0.05) is 19.4 Å². The summed E-state index contributed by atoms with van der Waals surface area (Å²) < 4.78 is 4.24. The summed E-state index contributed by atoms with van der Waals surface area (Å²) >= 11 is 0. The van der Waals surface area contributed by atoms with E-state index in [1.165, 1.54) is 21.3 Å². The molecule has 0 aliphatic carbocycles. The average Bonchev–Trinajstić information content (AvgIpc) is 3.09. The van der Waals surface area contributed by atoms with Gasteiger partial charge in [-0.2, -0.15) is 0 Å². The van der Waals surface area contributed by atoms with E-state index in [1.54, 1.807) is 0 Å². The second-order valence-electron chi connectivity index (χ2n) is 6.93. The molecule has 4 rings (SSSR count). The number of benzene rings is 1. The van der Waals surface area contributed by atoms with Crippen LogP contribution in [0.25, 0.3) is 21.5 Å². The predicted octanol–water partition coefficient (Wildman–Crippen LogP) is 0.700. The van der Waals surface area contributed by atoms with Crippen molar-refractivity contribution in [2.75, 3.05) is 0 Å². The Morgan fingerprint density at radius 2 is 1.18 bits per heavy atom. The normalized spacial score (nSPS) is 11.6. The molecular weight excluding hydrogens is 358 g/mol. The van der Waals surface area contributed by atoms with E-state index in [9.17, 15) is 19.2 Å². The Morgan fingerprint density at radius 3 is 1.64 bits per heavy atom. The maximum absolute atomic E-state index is 12.8. The molecule has 0 unspecified atom stereocenters. The molecule has 0 spiro atoms. The summed E-state index contributed by atoms with van der Waals surface area (Å²) in [7, 11) is 0. The summed E-state index contributed by atoms with van der Waals surface area (Å²) in [4.78, 5) is 50.7. The lowest BCUT2D eigenvalue weighted by atomic mass is 10.1. The molecule has 142 valence electrons. The van der Waals surface area contributed by atoms with Crippen molar-refractivity contribution in [2.45, 2.75) is 39.4 Å². The highest BCUT2D eigenvalue weighted by molar-refractivity contribution is 5.97. The van der Waals surface area contributed by atoms with Crippen molar-refractivity contribution in [2.24, 2.45) is 0 Å². The average molecular weight is 378 g/mol. The molecule has 1 aromatic carbocycles. The fraction of sp³-hybridized carbons (Fsp3) is 0.286. The van der Waals surface area contributed by atoms with E-state index in [1.807, 2.05) is 42.1 Å². The third-order valence-corrected chi connectivity index (χ3v) is 5.15. The maximum Gasteiger partial charge on any atom is 0.261 e. The third-order valence-electron chi connectivity index (χ3n) is 5.15. The molecular formula is C21H20N3O4+. The van der Waals surface area contributed by atoms with Crippen molar-refractivity contribution < 1.29 is 4.57 Å². The second kappa shape index (κ2) is 6.99. The Labute approximate surface area is 159 Å². The maximum atomic E-state index is 12.8. The van der Waals surface area contributed by atoms with E-state index >= 15 is 0 Å². The molecule has 3 aromatic heterocycles. The zero-order valence-electron chi connectivity index (χ0n) is 15.6. The van der Waals surface area contributed by atoms with Crippen LogP contribution >= 0.6 is 0 Å². The molecule has 7 nitrogen and oxygen atoms in total. The van der Waals surface area contributed by atoms with Crippen molar-refractivity contribution in [3.05, 3.63) is 84.1 Å². The van der Waals surface area contributed by atoms with Crippen LogP contribution in [0.4, 0.5) is 0 Å². The molecule has 0 radical (unpaired) electrons. The Hall–Kier alpha value is -3.35. The minimum Gasteiger partial charge on any atom is -0.274 e. The summed E-state index contributed by atoms with van der Waals surface area (Å²) in [5, 5.41) is 0.807. The number of unbranched alkanes of at least 4 members (excludes halogenated alkanes) is 1. The first-order valence-electron chi connectivity index (χ1n) is 9.37. The van der Waals surface area contributed by atoms with Crippen LogP contribution in [0.3, 0.4) is 0 Å². The molecule has 7 heteroatoms. The van der Waals surface area contributed by atoms with Crippen LogP contribution in [0.15, 0.2) is 61.9 Å². The summed E-state index contributed by atoms with van der Waals surface area (Å²) in [5.74, 6) is 0. The van der Waals surface area contributed by atoms with Gasteiger partial charge in [-0.3, -0.25) is 28.3 Å². The van der Waals surface area contributed by atoms with Crippen LogP contribution in [0, 0.1) is 0 Å². The largest absolute Gasteiger partial charge is 0.274 e. The summed E-state index contributed by atoms with van der Waals surface area (Å²) in [6.45, 7) is 3.01. The van der Waals surface area contributed by atoms with E-state index in [2.05, 4.69) is 0 Å². The van der Waals surface area contributed by atoms with Crippen molar-refractivity contribution in [3.63, 3.8) is 0 Å². The zero-order valence-corrected chi connectivity index (χ0v) is 15.6. The fourth-order valence-corrected chi connectivity index (χ4v) is 3.59. The van der Waals surface area contributed by atoms with Crippen molar-refractivity contribution in [3.8, 4) is 0 Å². The van der Waals surface area contributed by atoms with Crippen LogP contribution in [0.1, 0.15) is 19.8 Å². The van der Waals surface area contributed by atoms with Gasteiger partial charge in [0, 0.05) is 18.7 Å². The lowest BCUT2D eigenvalue weighted by Crippen LogP contribution is -2.38. The molecule has 0 aliphatic rings. The third kappa shape index (κ3) is 2.79. The van der Waals surface area contributed by atoms with Gasteiger partial charge in [0.15, 0.2) is 18.9 Å². The minimum atomic E-state index is -0.424. The number of hydrogen-bond donors (Lipinski definition) is 0. The second-order valence-corrected chi connectivity index (χ2v) is 6.93. The van der Waals surface area contributed by atoms with Crippen LogP contribution in [0.5, 0.6) is 0 Å². The van der Waals surface area contributed by atoms with Crippen molar-refractivity contribution >= 4 is 21.5 Å². The molecule has 0 N–H and O–H groups in total. The first-order chi connectivity index (χ1) is 13.5. The fourth-order valence-electron chi connectivity index (χ4n) is 3.59. The van der Waals surface area contributed by atoms with Gasteiger partial charge in [-0.15, -0.1) is 0 Å². The van der Waals surface area contributed by atoms with Gasteiger partial charge < -0.3 is 0 Å². The van der Waals surface area contributed by atoms with Crippen molar-refractivity contribution in [1.29, 1.82) is 0 Å². The molecule has 3 heterocycles. The number of fused-ring (bicyclic) bond motifs is 2. The van der Waals surface area contributed by atoms with E-state index in [4.69, 9.17) is 0 Å². The highest BCUT2D eigenvalue weighted by Crippen LogP contribution is 2.14. The quantitative estimate of drug-likeness (QED) is 0.463. The number of pyridine rings is 1. The Kier molecular flexibility index (Phi) is 4.50. The van der Waals surface area contributed by atoms with Crippen LogP contribution in [-0.2, 0) is 19.6 Å². The van der Waals surface area contributed by atoms with Crippen LogP contribution < -0.4 is 26.8 Å². The molecule has 4 aromatic rings. The lowest BCUT2D eigenvalue weighted by Gasteiger charge is -1.97. The SMILES string of the molecule is CCCCn1c(=O)c2cc3c(=O)n(CC[n+]4ccccc4)c(=O)c3cc2c1=O. The molecule has 0 fully saturated rings. The predicted molar refractivity (Wildman–Crippen MR) is 106 cm³/mol. The first-order valence-corrected chi connectivity index (χ1v) is 9.37. The zero-order chi connectivity index (χ0) is 19.8. The van der Waals surface area contributed by atoms with Gasteiger partial charge in [0.1, 0.15) is 0 Å². The minimum absolute atomic E-state index is 0.195. The molecule has 0 saturated carbocycles. The number of hydrogen-bond acceptors (Lipinski definition) is 4. The highest BCUT2D eigenvalue weighted by atomic mass is 16.2. The summed E-state index contributed by atoms with van der Waals surface area (Å²) in [5.41, 5.74) is -1.64. The van der Waals surface area contributed by atoms with Crippen molar-refractivity contribution in [1.82, 2.24) is 9.13 Å². The molecule has 28 heavy (non-hydrogen) atoms. The highest BCUT2D eigenvalue weighted by Gasteiger charge is 2.19. The standard InChI is InChI=1S/C21H20N3O4/c1-2-3-9-23-18(25)14-12-16-17(13-15(14)19(23)26)21(28)24(20(16)27)11-10-22-7-5-4-6-8-22/h4-8,12-13H,2-3,9-11H2,1H3/q+1. The van der Waals surface area contributed by atoms with Gasteiger partial charge in [0.25, 0.3) is 22.2 Å². The number of rotatable bonds is 6. The smallest absolute Gasteiger partial charge is 0.261 e. The van der Waals surface area contributed by atoms with Gasteiger partial charge in [0.2, 0.25) is 0 Å². The van der Waals surface area contributed by atoms with Gasteiger partial charge in [-0.05, 0) is 18.6 Å². The Balaban J connectivity index is 1.83. The summed E-state index contributed by atoms with van der Waals surface area (Å²) in [6.07, 6.45) is 5.28. The monoisotopic (exact) mass is 378 g/mol. The molecule has 0 saturated heterocycles. The summed E-state index contributed by atoms with van der Waals surface area (Å²) in [6, 6.07) is 8.44. The molecule has 0 amide bonds. The number of nitrogens with zero attached hydrogens (tertiary/aromatic N) is 3.